The van der Waals surface area contributed by atoms with E-state index in [1.54, 1.807) is 0 Å². The molecular formula is C26H22F4. The Morgan fingerprint density at radius 3 is 2.20 bits per heavy atom. The average molecular weight is 410 g/mol. The first-order valence-electron chi connectivity index (χ1n) is 10.2. The van der Waals surface area contributed by atoms with Gasteiger partial charge in [-0.25, -0.2) is 17.6 Å². The Morgan fingerprint density at radius 2 is 1.50 bits per heavy atom. The van der Waals surface area contributed by atoms with E-state index < -0.39 is 23.3 Å². The molecule has 0 N–H and O–H groups in total. The monoisotopic (exact) mass is 410 g/mol. The molecule has 4 rings (SSSR count). The highest BCUT2D eigenvalue weighted by Gasteiger charge is 2.23. The lowest BCUT2D eigenvalue weighted by atomic mass is 9.86. The van der Waals surface area contributed by atoms with E-state index >= 15 is 4.39 Å². The third-order valence-electron chi connectivity index (χ3n) is 5.68. The molecule has 0 unspecified atom stereocenters. The Hall–Kier alpha value is -2.88. The summed E-state index contributed by atoms with van der Waals surface area (Å²) in [6, 6.07) is 12.5. The number of hydrogen-bond donors (Lipinski definition) is 0. The number of allylic oxidation sites excluding steroid dienone is 1. The molecule has 0 atom stereocenters. The first-order valence-corrected chi connectivity index (χ1v) is 10.2. The second-order valence-electron chi connectivity index (χ2n) is 7.71. The lowest BCUT2D eigenvalue weighted by molar-refractivity contribution is 0.508. The number of aryl methyl sites for hydroxylation is 1. The Balaban J connectivity index is 1.69. The van der Waals surface area contributed by atoms with Crippen molar-refractivity contribution in [2.24, 2.45) is 0 Å². The van der Waals surface area contributed by atoms with Gasteiger partial charge in [0, 0.05) is 0 Å². The molecular weight excluding hydrogens is 388 g/mol. The molecule has 0 heterocycles. The van der Waals surface area contributed by atoms with Gasteiger partial charge >= 0.3 is 0 Å². The SMILES string of the molecule is CCCCc1ccc(C2=Cc3cc(F)c(-c4ccc(F)c(F)c4)c(F)c3CC2)cc1. The van der Waals surface area contributed by atoms with Crippen molar-refractivity contribution in [3.63, 3.8) is 0 Å². The number of rotatable bonds is 5. The molecule has 154 valence electrons. The fourth-order valence-corrected chi connectivity index (χ4v) is 3.99. The summed E-state index contributed by atoms with van der Waals surface area (Å²) in [6.07, 6.45) is 6.20. The molecule has 0 aromatic heterocycles. The van der Waals surface area contributed by atoms with Crippen molar-refractivity contribution in [1.29, 1.82) is 0 Å². The van der Waals surface area contributed by atoms with Crippen LogP contribution in [-0.2, 0) is 12.8 Å². The minimum Gasteiger partial charge on any atom is -0.206 e. The first-order chi connectivity index (χ1) is 14.5. The summed E-state index contributed by atoms with van der Waals surface area (Å²) in [4.78, 5) is 0. The van der Waals surface area contributed by atoms with Crippen LogP contribution in [-0.4, -0.2) is 0 Å². The maximum absolute atomic E-state index is 15.1. The summed E-state index contributed by atoms with van der Waals surface area (Å²) in [5, 5.41) is 0. The van der Waals surface area contributed by atoms with E-state index in [2.05, 4.69) is 31.2 Å². The molecule has 0 fully saturated rings. The minimum absolute atomic E-state index is 0.0101. The second-order valence-corrected chi connectivity index (χ2v) is 7.71. The average Bonchev–Trinajstić information content (AvgIpc) is 2.74. The summed E-state index contributed by atoms with van der Waals surface area (Å²) in [7, 11) is 0. The van der Waals surface area contributed by atoms with Gasteiger partial charge in [-0.1, -0.05) is 49.8 Å². The third kappa shape index (κ3) is 3.91. The molecule has 0 nitrogen and oxygen atoms in total. The highest BCUT2D eigenvalue weighted by atomic mass is 19.2. The van der Waals surface area contributed by atoms with Crippen molar-refractivity contribution in [2.75, 3.05) is 0 Å². The van der Waals surface area contributed by atoms with Gasteiger partial charge in [0.1, 0.15) is 11.6 Å². The van der Waals surface area contributed by atoms with E-state index in [4.69, 9.17) is 0 Å². The second kappa shape index (κ2) is 8.47. The quantitative estimate of drug-likeness (QED) is 0.377. The zero-order valence-corrected chi connectivity index (χ0v) is 16.7. The van der Waals surface area contributed by atoms with E-state index in [-0.39, 0.29) is 11.1 Å². The van der Waals surface area contributed by atoms with Crippen LogP contribution in [0.15, 0.2) is 48.5 Å². The number of halogens is 4. The van der Waals surface area contributed by atoms with Crippen LogP contribution in [0.3, 0.4) is 0 Å². The van der Waals surface area contributed by atoms with Gasteiger partial charge in [-0.15, -0.1) is 0 Å². The Kier molecular flexibility index (Phi) is 5.76. The molecule has 3 aromatic rings. The Bertz CT molecular complexity index is 1110. The van der Waals surface area contributed by atoms with Crippen molar-refractivity contribution in [2.45, 2.75) is 39.0 Å². The summed E-state index contributed by atoms with van der Waals surface area (Å²) in [6.45, 7) is 2.16. The molecule has 0 aliphatic heterocycles. The molecule has 0 amide bonds. The third-order valence-corrected chi connectivity index (χ3v) is 5.68. The standard InChI is InChI=1S/C26H22F4/c1-2-3-4-16-5-7-17(8-6-16)18-9-11-21-20(13-18)15-24(29)25(26(21)30)19-10-12-22(27)23(28)14-19/h5-8,10,12-15H,2-4,9,11H2,1H3. The smallest absolute Gasteiger partial charge is 0.159 e. The van der Waals surface area contributed by atoms with Gasteiger partial charge in [-0.2, -0.15) is 0 Å². The van der Waals surface area contributed by atoms with Crippen LogP contribution >= 0.6 is 0 Å². The van der Waals surface area contributed by atoms with E-state index in [9.17, 15) is 13.2 Å². The van der Waals surface area contributed by atoms with Crippen molar-refractivity contribution < 1.29 is 17.6 Å². The predicted molar refractivity (Wildman–Crippen MR) is 113 cm³/mol. The molecule has 4 heteroatoms. The Morgan fingerprint density at radius 1 is 0.767 bits per heavy atom. The molecule has 3 aromatic carbocycles. The lowest BCUT2D eigenvalue weighted by Gasteiger charge is -2.20. The van der Waals surface area contributed by atoms with Crippen LogP contribution in [0.5, 0.6) is 0 Å². The van der Waals surface area contributed by atoms with Crippen molar-refractivity contribution in [3.8, 4) is 11.1 Å². The molecule has 30 heavy (non-hydrogen) atoms. The summed E-state index contributed by atoms with van der Waals surface area (Å²) < 4.78 is 56.7. The van der Waals surface area contributed by atoms with Gasteiger partial charge in [-0.05, 0) is 77.3 Å². The van der Waals surface area contributed by atoms with E-state index in [1.807, 2.05) is 6.08 Å². The maximum Gasteiger partial charge on any atom is 0.159 e. The van der Waals surface area contributed by atoms with E-state index in [0.29, 0.717) is 24.0 Å². The van der Waals surface area contributed by atoms with Crippen molar-refractivity contribution >= 4 is 11.6 Å². The summed E-state index contributed by atoms with van der Waals surface area (Å²) in [5.41, 5.74) is 3.93. The van der Waals surface area contributed by atoms with Crippen LogP contribution in [0.1, 0.15) is 48.4 Å². The van der Waals surface area contributed by atoms with Crippen molar-refractivity contribution in [1.82, 2.24) is 0 Å². The normalized spacial score (nSPS) is 13.2. The van der Waals surface area contributed by atoms with Crippen LogP contribution in [0, 0.1) is 23.3 Å². The van der Waals surface area contributed by atoms with Gasteiger partial charge in [0.25, 0.3) is 0 Å². The van der Waals surface area contributed by atoms with Gasteiger partial charge < -0.3 is 0 Å². The van der Waals surface area contributed by atoms with Gasteiger partial charge in [0.15, 0.2) is 11.6 Å². The van der Waals surface area contributed by atoms with Gasteiger partial charge in [0.2, 0.25) is 0 Å². The number of fused-ring (bicyclic) bond motifs is 1. The summed E-state index contributed by atoms with van der Waals surface area (Å²) >= 11 is 0. The first kappa shape index (κ1) is 20.4. The molecule has 0 saturated carbocycles. The maximum atomic E-state index is 15.1. The van der Waals surface area contributed by atoms with E-state index in [0.717, 1.165) is 42.5 Å². The topological polar surface area (TPSA) is 0 Å². The molecule has 1 aliphatic rings. The highest BCUT2D eigenvalue weighted by molar-refractivity contribution is 5.85. The predicted octanol–water partition coefficient (Wildman–Crippen LogP) is 7.74. The van der Waals surface area contributed by atoms with Crippen LogP contribution in [0.2, 0.25) is 0 Å². The molecule has 0 saturated heterocycles. The van der Waals surface area contributed by atoms with Crippen LogP contribution in [0.4, 0.5) is 17.6 Å². The molecule has 0 bridgehead atoms. The van der Waals surface area contributed by atoms with Crippen molar-refractivity contribution in [3.05, 3.63) is 94.1 Å². The minimum atomic E-state index is -1.13. The Labute approximate surface area is 173 Å². The van der Waals surface area contributed by atoms with Crippen LogP contribution < -0.4 is 0 Å². The molecule has 1 aliphatic carbocycles. The fourth-order valence-electron chi connectivity index (χ4n) is 3.99. The highest BCUT2D eigenvalue weighted by Crippen LogP contribution is 2.37. The van der Waals surface area contributed by atoms with Gasteiger partial charge in [0.05, 0.1) is 5.56 Å². The van der Waals surface area contributed by atoms with Crippen LogP contribution in [0.25, 0.3) is 22.8 Å². The zero-order chi connectivity index (χ0) is 21.3. The fraction of sp³-hybridized carbons (Fsp3) is 0.231. The summed E-state index contributed by atoms with van der Waals surface area (Å²) in [5.74, 6) is -3.68. The lowest BCUT2D eigenvalue weighted by Crippen LogP contribution is -2.06. The molecule has 0 spiro atoms. The number of benzene rings is 3. The number of unbranched alkanes of at least 4 members (excludes halogenated alkanes) is 1. The number of hydrogen-bond acceptors (Lipinski definition) is 0. The largest absolute Gasteiger partial charge is 0.206 e. The molecule has 0 radical (unpaired) electrons. The van der Waals surface area contributed by atoms with Gasteiger partial charge in [-0.3, -0.25) is 0 Å². The zero-order valence-electron chi connectivity index (χ0n) is 16.7. The van der Waals surface area contributed by atoms with E-state index in [1.165, 1.54) is 17.7 Å².